The predicted octanol–water partition coefficient (Wildman–Crippen LogP) is 5.06. The number of carbonyl (C=O) groups is 1. The van der Waals surface area contributed by atoms with E-state index in [1.165, 1.54) is 24.4 Å². The van der Waals surface area contributed by atoms with Gasteiger partial charge in [0.2, 0.25) is 0 Å². The number of aromatic carboxylic acids is 1. The monoisotopic (exact) mass is 335 g/mol. The molecule has 1 heterocycles. The lowest BCUT2D eigenvalue weighted by Gasteiger charge is -2.09. The van der Waals surface area contributed by atoms with E-state index in [0.29, 0.717) is 11.1 Å². The second-order valence-electron chi connectivity index (χ2n) is 3.60. The fourth-order valence-electron chi connectivity index (χ4n) is 1.55. The molecule has 0 radical (unpaired) electrons. The van der Waals surface area contributed by atoms with E-state index in [2.05, 4.69) is 4.98 Å². The Bertz CT molecular complexity index is 673. The molecule has 2 aromatic rings. The van der Waals surface area contributed by atoms with Crippen LogP contribution in [0.3, 0.4) is 0 Å². The largest absolute Gasteiger partial charge is 0.478 e. The summed E-state index contributed by atoms with van der Waals surface area (Å²) in [7, 11) is 0. The maximum Gasteiger partial charge on any atom is 0.336 e. The number of nitrogens with zero attached hydrogens (tertiary/aromatic N) is 1. The van der Waals surface area contributed by atoms with Gasteiger partial charge in [-0.3, -0.25) is 0 Å². The number of hydrogen-bond acceptors (Lipinski definition) is 2. The van der Waals surface area contributed by atoms with E-state index in [1.807, 2.05) is 0 Å². The minimum Gasteiger partial charge on any atom is -0.478 e. The molecule has 19 heavy (non-hydrogen) atoms. The summed E-state index contributed by atoms with van der Waals surface area (Å²) in [6, 6.07) is 4.18. The highest BCUT2D eigenvalue weighted by Gasteiger charge is 2.17. The van der Waals surface area contributed by atoms with Gasteiger partial charge in [-0.1, -0.05) is 46.4 Å². The average Bonchev–Trinajstić information content (AvgIpc) is 2.34. The van der Waals surface area contributed by atoms with E-state index in [-0.39, 0.29) is 25.8 Å². The summed E-state index contributed by atoms with van der Waals surface area (Å²) in [5.74, 6) is -1.14. The van der Waals surface area contributed by atoms with Crippen molar-refractivity contribution in [1.82, 2.24) is 4.98 Å². The Labute approximate surface area is 128 Å². The Morgan fingerprint density at radius 1 is 0.947 bits per heavy atom. The fourth-order valence-corrected chi connectivity index (χ4v) is 2.36. The summed E-state index contributed by atoms with van der Waals surface area (Å²) in [6.07, 6.45) is 1.33. The predicted molar refractivity (Wildman–Crippen MR) is 76.7 cm³/mol. The summed E-state index contributed by atoms with van der Waals surface area (Å²) in [6.45, 7) is 0. The molecule has 0 aliphatic rings. The van der Waals surface area contributed by atoms with Crippen molar-refractivity contribution in [2.24, 2.45) is 0 Å². The van der Waals surface area contributed by atoms with Crippen LogP contribution in [0.5, 0.6) is 0 Å². The van der Waals surface area contributed by atoms with E-state index >= 15 is 0 Å². The minimum atomic E-state index is -1.14. The van der Waals surface area contributed by atoms with Crippen LogP contribution >= 0.6 is 46.4 Å². The number of pyridine rings is 1. The lowest BCUT2D eigenvalue weighted by Crippen LogP contribution is -2.01. The summed E-state index contributed by atoms with van der Waals surface area (Å²) in [5, 5.41) is 10.1. The van der Waals surface area contributed by atoms with E-state index < -0.39 is 5.97 Å². The van der Waals surface area contributed by atoms with Gasteiger partial charge >= 0.3 is 5.97 Å². The van der Waals surface area contributed by atoms with E-state index in [1.54, 1.807) is 0 Å². The minimum absolute atomic E-state index is 0.0136. The number of benzene rings is 1. The van der Waals surface area contributed by atoms with Gasteiger partial charge in [0.05, 0.1) is 20.6 Å². The van der Waals surface area contributed by atoms with E-state index in [9.17, 15) is 9.90 Å². The van der Waals surface area contributed by atoms with Crippen LogP contribution in [0.15, 0.2) is 24.4 Å². The Balaban J connectivity index is 2.72. The molecule has 7 heteroatoms. The average molecular weight is 337 g/mol. The summed E-state index contributed by atoms with van der Waals surface area (Å²) < 4.78 is 0. The molecule has 1 N–H and O–H groups in total. The molecule has 0 atom stereocenters. The molecule has 0 saturated carbocycles. The SMILES string of the molecule is O=C(O)c1cc(Cl)ncc1-c1cc(Cl)c(Cl)cc1Cl. The molecule has 0 spiro atoms. The zero-order chi connectivity index (χ0) is 14.2. The summed E-state index contributed by atoms with van der Waals surface area (Å²) >= 11 is 23.5. The van der Waals surface area contributed by atoms with Crippen molar-refractivity contribution in [1.29, 1.82) is 0 Å². The highest BCUT2D eigenvalue weighted by molar-refractivity contribution is 6.44. The molecule has 2 rings (SSSR count). The van der Waals surface area contributed by atoms with Gasteiger partial charge < -0.3 is 5.11 Å². The molecular formula is C12H5Cl4NO2. The third kappa shape index (κ3) is 2.95. The molecular weight excluding hydrogens is 332 g/mol. The van der Waals surface area contributed by atoms with Crippen LogP contribution in [0, 0.1) is 0 Å². The van der Waals surface area contributed by atoms with Gasteiger partial charge in [0.15, 0.2) is 0 Å². The second-order valence-corrected chi connectivity index (χ2v) is 5.21. The lowest BCUT2D eigenvalue weighted by atomic mass is 10.0. The molecule has 0 unspecified atom stereocenters. The zero-order valence-corrected chi connectivity index (χ0v) is 12.1. The first-order valence-electron chi connectivity index (χ1n) is 4.94. The topological polar surface area (TPSA) is 50.2 Å². The molecule has 0 fully saturated rings. The molecule has 1 aromatic heterocycles. The Morgan fingerprint density at radius 2 is 1.58 bits per heavy atom. The first kappa shape index (κ1) is 14.4. The van der Waals surface area contributed by atoms with Crippen molar-refractivity contribution in [2.45, 2.75) is 0 Å². The van der Waals surface area contributed by atoms with Crippen LogP contribution in [0.2, 0.25) is 20.2 Å². The quantitative estimate of drug-likeness (QED) is 0.616. The van der Waals surface area contributed by atoms with Gasteiger partial charge in [0.1, 0.15) is 5.15 Å². The highest BCUT2D eigenvalue weighted by atomic mass is 35.5. The number of carboxylic acids is 1. The van der Waals surface area contributed by atoms with Gasteiger partial charge in [-0.15, -0.1) is 0 Å². The first-order chi connectivity index (χ1) is 8.90. The number of halogens is 4. The highest BCUT2D eigenvalue weighted by Crippen LogP contribution is 2.36. The Morgan fingerprint density at radius 3 is 2.21 bits per heavy atom. The third-order valence-electron chi connectivity index (χ3n) is 2.40. The standard InChI is InChI=1S/C12H5Cl4NO2/c13-8-3-10(15)9(14)1-5(8)7-4-17-11(16)2-6(7)12(18)19/h1-4H,(H,18,19). The van der Waals surface area contributed by atoms with Crippen molar-refractivity contribution in [3.05, 3.63) is 50.2 Å². The molecule has 98 valence electrons. The van der Waals surface area contributed by atoms with E-state index in [0.717, 1.165) is 0 Å². The molecule has 0 saturated heterocycles. The number of carboxylic acid groups (broad SMARTS) is 1. The number of aromatic nitrogens is 1. The fraction of sp³-hybridized carbons (Fsp3) is 0. The Kier molecular flexibility index (Phi) is 4.21. The zero-order valence-electron chi connectivity index (χ0n) is 9.12. The van der Waals surface area contributed by atoms with Gasteiger partial charge in [0, 0.05) is 17.3 Å². The number of hydrogen-bond donors (Lipinski definition) is 1. The van der Waals surface area contributed by atoms with Crippen LogP contribution in [0.1, 0.15) is 10.4 Å². The van der Waals surface area contributed by atoms with Crippen molar-refractivity contribution in [2.75, 3.05) is 0 Å². The van der Waals surface area contributed by atoms with Crippen LogP contribution in [0.25, 0.3) is 11.1 Å². The van der Waals surface area contributed by atoms with Crippen molar-refractivity contribution >= 4 is 52.4 Å². The normalized spacial score (nSPS) is 10.5. The second kappa shape index (κ2) is 5.55. The summed E-state index contributed by atoms with van der Waals surface area (Å²) in [5.41, 5.74) is 0.735. The maximum absolute atomic E-state index is 11.2. The number of rotatable bonds is 2. The third-order valence-corrected chi connectivity index (χ3v) is 3.64. The van der Waals surface area contributed by atoms with Crippen LogP contribution in [-0.2, 0) is 0 Å². The van der Waals surface area contributed by atoms with Gasteiger partial charge in [-0.25, -0.2) is 9.78 Å². The molecule has 1 aromatic carbocycles. The first-order valence-corrected chi connectivity index (χ1v) is 6.45. The van der Waals surface area contributed by atoms with Gasteiger partial charge in [0.25, 0.3) is 0 Å². The van der Waals surface area contributed by atoms with Crippen molar-refractivity contribution < 1.29 is 9.90 Å². The molecule has 0 aliphatic carbocycles. The van der Waals surface area contributed by atoms with E-state index in [4.69, 9.17) is 46.4 Å². The van der Waals surface area contributed by atoms with Crippen LogP contribution < -0.4 is 0 Å². The molecule has 0 amide bonds. The molecule has 0 aliphatic heterocycles. The molecule has 3 nitrogen and oxygen atoms in total. The Hall–Kier alpha value is -1.000. The molecule has 0 bridgehead atoms. The van der Waals surface area contributed by atoms with Crippen molar-refractivity contribution in [3.8, 4) is 11.1 Å². The van der Waals surface area contributed by atoms with Crippen LogP contribution in [-0.4, -0.2) is 16.1 Å². The van der Waals surface area contributed by atoms with Gasteiger partial charge in [-0.2, -0.15) is 0 Å². The lowest BCUT2D eigenvalue weighted by molar-refractivity contribution is 0.0697. The summed E-state index contributed by atoms with van der Waals surface area (Å²) in [4.78, 5) is 15.1. The van der Waals surface area contributed by atoms with Gasteiger partial charge in [-0.05, 0) is 18.2 Å². The maximum atomic E-state index is 11.2. The van der Waals surface area contributed by atoms with Crippen LogP contribution in [0.4, 0.5) is 0 Å². The van der Waals surface area contributed by atoms with Crippen molar-refractivity contribution in [3.63, 3.8) is 0 Å². The smallest absolute Gasteiger partial charge is 0.336 e.